The minimum absolute atomic E-state index is 0.254. The molecule has 0 saturated carbocycles. The number of rotatable bonds is 3. The van der Waals surface area contributed by atoms with Crippen molar-refractivity contribution in [3.8, 4) is 0 Å². The van der Waals surface area contributed by atoms with Crippen LogP contribution in [0.2, 0.25) is 4.34 Å². The molecule has 0 aromatic carbocycles. The van der Waals surface area contributed by atoms with Crippen molar-refractivity contribution in [2.45, 2.75) is 32.1 Å². The molecule has 116 valence electrons. The minimum Gasteiger partial charge on any atom is -0.365 e. The van der Waals surface area contributed by atoms with Crippen LogP contribution in [0.3, 0.4) is 0 Å². The average molecular weight is 355 g/mol. The highest BCUT2D eigenvalue weighted by Gasteiger charge is 2.24. The molecule has 0 bridgehead atoms. The molecule has 2 aromatic rings. The molecule has 7 heteroatoms. The fourth-order valence-corrected chi connectivity index (χ4v) is 4.92. The van der Waals surface area contributed by atoms with Gasteiger partial charge in [-0.15, -0.1) is 22.7 Å². The third-order valence-corrected chi connectivity index (χ3v) is 6.13. The van der Waals surface area contributed by atoms with Gasteiger partial charge in [0.1, 0.15) is 5.00 Å². The van der Waals surface area contributed by atoms with Gasteiger partial charge in [-0.2, -0.15) is 0 Å². The van der Waals surface area contributed by atoms with Gasteiger partial charge in [0.15, 0.2) is 0 Å². The van der Waals surface area contributed by atoms with Crippen LogP contribution in [0.25, 0.3) is 0 Å². The van der Waals surface area contributed by atoms with Gasteiger partial charge < -0.3 is 11.1 Å². The molecule has 3 N–H and O–H groups in total. The molecule has 1 aliphatic rings. The lowest BCUT2D eigenvalue weighted by atomic mass is 10.1. The Kier molecular flexibility index (Phi) is 4.52. The lowest BCUT2D eigenvalue weighted by Gasteiger charge is -2.05. The van der Waals surface area contributed by atoms with E-state index in [9.17, 15) is 9.59 Å². The number of halogens is 1. The predicted molar refractivity (Wildman–Crippen MR) is 91.4 cm³/mol. The summed E-state index contributed by atoms with van der Waals surface area (Å²) in [5, 5.41) is 3.39. The van der Waals surface area contributed by atoms with Gasteiger partial charge in [0.25, 0.3) is 11.8 Å². The molecule has 4 nitrogen and oxygen atoms in total. The summed E-state index contributed by atoms with van der Waals surface area (Å²) >= 11 is 8.54. The largest absolute Gasteiger partial charge is 0.365 e. The van der Waals surface area contributed by atoms with Crippen LogP contribution < -0.4 is 11.1 Å². The topological polar surface area (TPSA) is 72.2 Å². The highest BCUT2D eigenvalue weighted by atomic mass is 35.5. The second kappa shape index (κ2) is 6.40. The van der Waals surface area contributed by atoms with Crippen molar-refractivity contribution in [3.63, 3.8) is 0 Å². The van der Waals surface area contributed by atoms with Crippen LogP contribution in [0.15, 0.2) is 12.1 Å². The third kappa shape index (κ3) is 3.04. The van der Waals surface area contributed by atoms with Gasteiger partial charge in [0.2, 0.25) is 0 Å². The Hall–Kier alpha value is -1.37. The van der Waals surface area contributed by atoms with E-state index >= 15 is 0 Å². The fourth-order valence-electron chi connectivity index (χ4n) is 2.69. The molecule has 1 aliphatic carbocycles. The van der Waals surface area contributed by atoms with Gasteiger partial charge in [-0.3, -0.25) is 9.59 Å². The molecular formula is C15H15ClN2O2S2. The van der Waals surface area contributed by atoms with Crippen LogP contribution >= 0.6 is 34.3 Å². The maximum absolute atomic E-state index is 12.3. The maximum Gasteiger partial charge on any atom is 0.266 e. The van der Waals surface area contributed by atoms with E-state index in [1.165, 1.54) is 27.6 Å². The van der Waals surface area contributed by atoms with Gasteiger partial charge in [-0.05, 0) is 43.4 Å². The molecule has 0 aliphatic heterocycles. The molecule has 0 radical (unpaired) electrons. The van der Waals surface area contributed by atoms with Crippen LogP contribution in [0.1, 0.15) is 49.7 Å². The second-order valence-electron chi connectivity index (χ2n) is 5.19. The quantitative estimate of drug-likeness (QED) is 0.815. The van der Waals surface area contributed by atoms with Crippen molar-refractivity contribution in [1.82, 2.24) is 0 Å². The molecular weight excluding hydrogens is 340 g/mol. The lowest BCUT2D eigenvalue weighted by Crippen LogP contribution is -2.17. The number of nitrogens with two attached hydrogens (primary N) is 1. The van der Waals surface area contributed by atoms with Gasteiger partial charge in [-0.25, -0.2) is 0 Å². The number of fused-ring (bicyclic) bond motifs is 1. The van der Waals surface area contributed by atoms with E-state index in [1.807, 2.05) is 0 Å². The van der Waals surface area contributed by atoms with E-state index in [4.69, 9.17) is 17.3 Å². The summed E-state index contributed by atoms with van der Waals surface area (Å²) < 4.78 is 0.558. The molecule has 0 fully saturated rings. The molecule has 2 amide bonds. The summed E-state index contributed by atoms with van der Waals surface area (Å²) in [5.41, 5.74) is 7.06. The molecule has 0 spiro atoms. The van der Waals surface area contributed by atoms with E-state index in [2.05, 4.69) is 5.32 Å². The SMILES string of the molecule is NC(=O)c1c(NC(=O)c2ccc(Cl)s2)sc2c1CCCCC2. The Morgan fingerprint density at radius 3 is 2.59 bits per heavy atom. The molecule has 0 unspecified atom stereocenters. The molecule has 3 rings (SSSR count). The lowest BCUT2D eigenvalue weighted by molar-refractivity contribution is 0.100. The van der Waals surface area contributed by atoms with Gasteiger partial charge in [0.05, 0.1) is 14.8 Å². The van der Waals surface area contributed by atoms with Gasteiger partial charge >= 0.3 is 0 Å². The first-order chi connectivity index (χ1) is 10.6. The van der Waals surface area contributed by atoms with Gasteiger partial charge in [-0.1, -0.05) is 18.0 Å². The Bertz CT molecular complexity index is 736. The number of hydrogen-bond acceptors (Lipinski definition) is 4. The standard InChI is InChI=1S/C15H15ClN2O2S2/c16-11-7-6-10(21-11)14(20)18-15-12(13(17)19)8-4-2-1-3-5-9(8)22-15/h6-7H,1-5H2,(H2,17,19)(H,18,20). The molecule has 0 atom stereocenters. The van der Waals surface area contributed by atoms with Crippen molar-refractivity contribution in [1.29, 1.82) is 0 Å². The van der Waals surface area contributed by atoms with Crippen molar-refractivity contribution in [2.24, 2.45) is 5.73 Å². The Morgan fingerprint density at radius 1 is 1.14 bits per heavy atom. The highest BCUT2D eigenvalue weighted by Crippen LogP contribution is 2.37. The normalized spacial score (nSPS) is 14.2. The summed E-state index contributed by atoms with van der Waals surface area (Å²) in [6.07, 6.45) is 5.12. The number of hydrogen-bond donors (Lipinski definition) is 2. The van der Waals surface area contributed by atoms with E-state index in [-0.39, 0.29) is 5.91 Å². The van der Waals surface area contributed by atoms with Crippen molar-refractivity contribution >= 4 is 51.1 Å². The van der Waals surface area contributed by atoms with Crippen molar-refractivity contribution in [2.75, 3.05) is 5.32 Å². The van der Waals surface area contributed by atoms with E-state index in [1.54, 1.807) is 12.1 Å². The first-order valence-corrected chi connectivity index (χ1v) is 9.08. The first-order valence-electron chi connectivity index (χ1n) is 7.07. The monoisotopic (exact) mass is 354 g/mol. The number of thiophene rings is 2. The number of anilines is 1. The Balaban J connectivity index is 1.93. The van der Waals surface area contributed by atoms with Crippen LogP contribution in [-0.4, -0.2) is 11.8 Å². The summed E-state index contributed by atoms with van der Waals surface area (Å²) in [6, 6.07) is 3.35. The summed E-state index contributed by atoms with van der Waals surface area (Å²) in [5.74, 6) is -0.727. The molecule has 0 saturated heterocycles. The molecule has 22 heavy (non-hydrogen) atoms. The number of amides is 2. The van der Waals surface area contributed by atoms with Gasteiger partial charge in [0, 0.05) is 4.88 Å². The average Bonchev–Trinajstić information content (AvgIpc) is 2.96. The first kappa shape index (κ1) is 15.5. The van der Waals surface area contributed by atoms with E-state index in [0.29, 0.717) is 19.8 Å². The number of carbonyl (C=O) groups excluding carboxylic acids is 2. The smallest absolute Gasteiger partial charge is 0.266 e. The Morgan fingerprint density at radius 2 is 1.91 bits per heavy atom. The third-order valence-electron chi connectivity index (χ3n) is 3.69. The summed E-state index contributed by atoms with van der Waals surface area (Å²) in [6.45, 7) is 0. The summed E-state index contributed by atoms with van der Waals surface area (Å²) in [4.78, 5) is 25.8. The second-order valence-corrected chi connectivity index (χ2v) is 8.01. The highest BCUT2D eigenvalue weighted by molar-refractivity contribution is 7.18. The zero-order chi connectivity index (χ0) is 15.7. The molecule has 2 aromatic heterocycles. The number of aryl methyl sites for hydroxylation is 1. The van der Waals surface area contributed by atoms with Crippen molar-refractivity contribution < 1.29 is 9.59 Å². The number of primary amides is 1. The minimum atomic E-state index is -0.473. The zero-order valence-corrected chi connectivity index (χ0v) is 14.2. The fraction of sp³-hybridized carbons (Fsp3) is 0.333. The van der Waals surface area contributed by atoms with E-state index in [0.717, 1.165) is 37.7 Å². The number of carbonyl (C=O) groups is 2. The van der Waals surface area contributed by atoms with Crippen LogP contribution in [0.5, 0.6) is 0 Å². The van der Waals surface area contributed by atoms with Crippen LogP contribution in [0, 0.1) is 0 Å². The maximum atomic E-state index is 12.3. The number of nitrogens with one attached hydrogen (secondary N) is 1. The summed E-state index contributed by atoms with van der Waals surface area (Å²) in [7, 11) is 0. The zero-order valence-electron chi connectivity index (χ0n) is 11.8. The van der Waals surface area contributed by atoms with Crippen LogP contribution in [0.4, 0.5) is 5.00 Å². The van der Waals surface area contributed by atoms with Crippen LogP contribution in [-0.2, 0) is 12.8 Å². The van der Waals surface area contributed by atoms with Crippen molar-refractivity contribution in [3.05, 3.63) is 37.4 Å². The predicted octanol–water partition coefficient (Wildman–Crippen LogP) is 4.08. The Labute approximate surface area is 141 Å². The van der Waals surface area contributed by atoms with E-state index < -0.39 is 5.91 Å². The molecule has 2 heterocycles.